The highest BCUT2D eigenvalue weighted by atomic mass is 16.5. The molecule has 0 saturated carbocycles. The zero-order valence-corrected chi connectivity index (χ0v) is 14.1. The molecule has 1 atom stereocenters. The van der Waals surface area contributed by atoms with Crippen molar-refractivity contribution in [2.75, 3.05) is 33.4 Å². The number of hydrogen-bond donors (Lipinski definition) is 1. The summed E-state index contributed by atoms with van der Waals surface area (Å²) in [7, 11) is 1.77. The fourth-order valence-electron chi connectivity index (χ4n) is 2.25. The number of likely N-dealkylation sites (tertiary alicyclic amines) is 1. The number of rotatable bonds is 4. The molecule has 0 aromatic heterocycles. The van der Waals surface area contributed by atoms with Crippen LogP contribution in [0.5, 0.6) is 0 Å². The standard InChI is InChI=1S/C13H19NO.C3H6.C2H5NO/c1-15-10-9-14-8-7-13(11-14)12-5-3-2-4-6-12;1-3-2;1-2(3)4/h2-6,13H,7-11H2,1H3;3H,1H2,2H3;1H3,(H2,3,4). The number of benzene rings is 1. The summed E-state index contributed by atoms with van der Waals surface area (Å²) in [4.78, 5) is 11.7. The predicted molar refractivity (Wildman–Crippen MR) is 92.9 cm³/mol. The van der Waals surface area contributed by atoms with Gasteiger partial charge in [0.1, 0.15) is 0 Å². The van der Waals surface area contributed by atoms with E-state index in [9.17, 15) is 4.79 Å². The molecule has 22 heavy (non-hydrogen) atoms. The zero-order chi connectivity index (χ0) is 16.8. The Morgan fingerprint density at radius 2 is 2.00 bits per heavy atom. The molecule has 4 heteroatoms. The molecule has 1 unspecified atom stereocenters. The first-order valence-corrected chi connectivity index (χ1v) is 7.64. The van der Waals surface area contributed by atoms with Crippen LogP contribution < -0.4 is 5.73 Å². The predicted octanol–water partition coefficient (Wildman–Crippen LogP) is 2.81. The fourth-order valence-corrected chi connectivity index (χ4v) is 2.25. The lowest BCUT2D eigenvalue weighted by molar-refractivity contribution is -0.115. The molecule has 0 radical (unpaired) electrons. The van der Waals surface area contributed by atoms with Gasteiger partial charge in [0, 0.05) is 27.1 Å². The number of amides is 1. The summed E-state index contributed by atoms with van der Waals surface area (Å²) in [5.74, 6) is 0.392. The minimum absolute atomic E-state index is 0.333. The van der Waals surface area contributed by atoms with Gasteiger partial charge in [0.25, 0.3) is 0 Å². The molecule has 124 valence electrons. The highest BCUT2D eigenvalue weighted by Gasteiger charge is 2.22. The van der Waals surface area contributed by atoms with Gasteiger partial charge < -0.3 is 15.4 Å². The Balaban J connectivity index is 0.000000537. The molecule has 1 heterocycles. The number of hydrogen-bond acceptors (Lipinski definition) is 3. The van der Waals surface area contributed by atoms with Gasteiger partial charge in [-0.25, -0.2) is 0 Å². The summed E-state index contributed by atoms with van der Waals surface area (Å²) in [6.07, 6.45) is 3.04. The summed E-state index contributed by atoms with van der Waals surface area (Å²) in [6.45, 7) is 10.9. The maximum Gasteiger partial charge on any atom is 0.214 e. The van der Waals surface area contributed by atoms with E-state index in [1.54, 1.807) is 13.2 Å². The monoisotopic (exact) mass is 306 g/mol. The molecular formula is C18H30N2O2. The van der Waals surface area contributed by atoms with Gasteiger partial charge >= 0.3 is 0 Å². The highest BCUT2D eigenvalue weighted by molar-refractivity contribution is 5.70. The lowest BCUT2D eigenvalue weighted by Crippen LogP contribution is -2.24. The van der Waals surface area contributed by atoms with Crippen molar-refractivity contribution in [2.45, 2.75) is 26.2 Å². The second-order valence-corrected chi connectivity index (χ2v) is 5.21. The second-order valence-electron chi connectivity index (χ2n) is 5.21. The number of carbonyl (C=O) groups is 1. The Bertz CT molecular complexity index is 403. The van der Waals surface area contributed by atoms with Crippen molar-refractivity contribution in [1.29, 1.82) is 0 Å². The molecule has 0 spiro atoms. The van der Waals surface area contributed by atoms with Gasteiger partial charge in [0.15, 0.2) is 0 Å². The number of methoxy groups -OCH3 is 1. The molecule has 1 fully saturated rings. The van der Waals surface area contributed by atoms with Gasteiger partial charge in [0.05, 0.1) is 6.61 Å². The van der Waals surface area contributed by atoms with Crippen LogP contribution in [0.4, 0.5) is 0 Å². The van der Waals surface area contributed by atoms with E-state index in [0.717, 1.165) is 19.1 Å². The summed E-state index contributed by atoms with van der Waals surface area (Å²) < 4.78 is 5.10. The quantitative estimate of drug-likeness (QED) is 0.870. The molecule has 1 aromatic rings. The maximum atomic E-state index is 9.22. The second kappa shape index (κ2) is 13.0. The van der Waals surface area contributed by atoms with Gasteiger partial charge in [-0.1, -0.05) is 36.4 Å². The first-order valence-electron chi connectivity index (χ1n) is 7.64. The van der Waals surface area contributed by atoms with Crippen molar-refractivity contribution >= 4 is 5.91 Å². The van der Waals surface area contributed by atoms with Crippen LogP contribution in [0.1, 0.15) is 31.7 Å². The van der Waals surface area contributed by atoms with E-state index in [1.807, 2.05) is 6.92 Å². The van der Waals surface area contributed by atoms with Crippen molar-refractivity contribution in [3.8, 4) is 0 Å². The Morgan fingerprint density at radius 3 is 2.50 bits per heavy atom. The van der Waals surface area contributed by atoms with Crippen LogP contribution in [0.2, 0.25) is 0 Å². The number of allylic oxidation sites excluding steroid dienone is 1. The summed E-state index contributed by atoms with van der Waals surface area (Å²) >= 11 is 0. The van der Waals surface area contributed by atoms with Crippen LogP contribution in [0.15, 0.2) is 43.0 Å². The average molecular weight is 306 g/mol. The Morgan fingerprint density at radius 1 is 1.45 bits per heavy atom. The third-order valence-corrected chi connectivity index (χ3v) is 3.15. The van der Waals surface area contributed by atoms with Crippen molar-refractivity contribution in [1.82, 2.24) is 4.90 Å². The maximum absolute atomic E-state index is 9.22. The van der Waals surface area contributed by atoms with Gasteiger partial charge in [-0.2, -0.15) is 0 Å². The molecule has 1 amide bonds. The minimum atomic E-state index is -0.333. The minimum Gasteiger partial charge on any atom is -0.383 e. The molecule has 0 aliphatic carbocycles. The number of nitrogens with two attached hydrogens (primary N) is 1. The molecule has 1 saturated heterocycles. The van der Waals surface area contributed by atoms with Crippen LogP contribution in [0.25, 0.3) is 0 Å². The highest BCUT2D eigenvalue weighted by Crippen LogP contribution is 2.26. The fraction of sp³-hybridized carbons (Fsp3) is 0.500. The number of primary amides is 1. The van der Waals surface area contributed by atoms with Gasteiger partial charge in [-0.05, 0) is 31.4 Å². The summed E-state index contributed by atoms with van der Waals surface area (Å²) in [6, 6.07) is 10.8. The summed E-state index contributed by atoms with van der Waals surface area (Å²) in [5, 5.41) is 0. The molecule has 1 aromatic carbocycles. The summed E-state index contributed by atoms with van der Waals surface area (Å²) in [5.41, 5.74) is 5.96. The van der Waals surface area contributed by atoms with E-state index in [4.69, 9.17) is 4.74 Å². The van der Waals surface area contributed by atoms with Gasteiger partial charge in [0.2, 0.25) is 5.91 Å². The van der Waals surface area contributed by atoms with Crippen molar-refractivity contribution in [3.05, 3.63) is 48.6 Å². The largest absolute Gasteiger partial charge is 0.383 e. The van der Waals surface area contributed by atoms with E-state index >= 15 is 0 Å². The normalized spacial score (nSPS) is 16.8. The number of ether oxygens (including phenoxy) is 1. The lowest BCUT2D eigenvalue weighted by Gasteiger charge is -2.15. The number of nitrogens with zero attached hydrogens (tertiary/aromatic N) is 1. The Labute approximate surface area is 135 Å². The van der Waals surface area contributed by atoms with E-state index < -0.39 is 0 Å². The van der Waals surface area contributed by atoms with Crippen molar-refractivity contribution in [3.63, 3.8) is 0 Å². The average Bonchev–Trinajstić information content (AvgIpc) is 2.95. The third-order valence-electron chi connectivity index (χ3n) is 3.15. The molecule has 2 rings (SSSR count). The first-order chi connectivity index (χ1) is 10.5. The molecule has 1 aliphatic heterocycles. The molecular weight excluding hydrogens is 276 g/mol. The SMILES string of the molecule is C=CC.CC(N)=O.COCCN1CCC(c2ccccc2)C1. The van der Waals surface area contributed by atoms with E-state index in [0.29, 0.717) is 0 Å². The van der Waals surface area contributed by atoms with E-state index in [-0.39, 0.29) is 5.91 Å². The van der Waals surface area contributed by atoms with Gasteiger partial charge in [-0.15, -0.1) is 6.58 Å². The zero-order valence-electron chi connectivity index (χ0n) is 14.1. The van der Waals surface area contributed by atoms with Crippen LogP contribution >= 0.6 is 0 Å². The van der Waals surface area contributed by atoms with Crippen molar-refractivity contribution in [2.24, 2.45) is 5.73 Å². The molecule has 4 nitrogen and oxygen atoms in total. The van der Waals surface area contributed by atoms with E-state index in [2.05, 4.69) is 47.5 Å². The molecule has 2 N–H and O–H groups in total. The topological polar surface area (TPSA) is 55.6 Å². The molecule has 1 aliphatic rings. The Kier molecular flexibility index (Phi) is 12.1. The van der Waals surface area contributed by atoms with Crippen LogP contribution in [0, 0.1) is 0 Å². The van der Waals surface area contributed by atoms with E-state index in [1.165, 1.54) is 32.0 Å². The van der Waals surface area contributed by atoms with Crippen LogP contribution in [-0.2, 0) is 9.53 Å². The van der Waals surface area contributed by atoms with Gasteiger partial charge in [-0.3, -0.25) is 4.79 Å². The van der Waals surface area contributed by atoms with Crippen molar-refractivity contribution < 1.29 is 9.53 Å². The Hall–Kier alpha value is -1.65. The van der Waals surface area contributed by atoms with Crippen LogP contribution in [-0.4, -0.2) is 44.2 Å². The molecule has 0 bridgehead atoms. The van der Waals surface area contributed by atoms with Crippen LogP contribution in [0.3, 0.4) is 0 Å². The lowest BCUT2D eigenvalue weighted by atomic mass is 9.99. The smallest absolute Gasteiger partial charge is 0.214 e. The third kappa shape index (κ3) is 10.1. The number of carbonyl (C=O) groups excluding carboxylic acids is 1. The first kappa shape index (κ1) is 20.3.